The summed E-state index contributed by atoms with van der Waals surface area (Å²) in [4.78, 5) is 16.8. The van der Waals surface area contributed by atoms with Gasteiger partial charge in [0.25, 0.3) is 0 Å². The van der Waals surface area contributed by atoms with E-state index in [4.69, 9.17) is 11.6 Å². The molecular weight excluding hydrogens is 530 g/mol. The Labute approximate surface area is 212 Å². The zero-order valence-electron chi connectivity index (χ0n) is 19.0. The second kappa shape index (κ2) is 11.7. The molecule has 202 valence electrons. The zero-order chi connectivity index (χ0) is 27.4. The summed E-state index contributed by atoms with van der Waals surface area (Å²) in [7, 11) is 0. The summed E-state index contributed by atoms with van der Waals surface area (Å²) in [5.74, 6) is -0.593. The van der Waals surface area contributed by atoms with Crippen LogP contribution < -0.4 is 10.7 Å². The van der Waals surface area contributed by atoms with Gasteiger partial charge < -0.3 is 21.0 Å². The topological polar surface area (TPSA) is 97.2 Å². The quantitative estimate of drug-likeness (QED) is 0.358. The van der Waals surface area contributed by atoms with Crippen LogP contribution in [-0.4, -0.2) is 64.6 Å². The van der Waals surface area contributed by atoms with Crippen molar-refractivity contribution >= 4 is 23.3 Å². The van der Waals surface area contributed by atoms with Crippen LogP contribution in [0.4, 0.5) is 26.3 Å². The van der Waals surface area contributed by atoms with Crippen molar-refractivity contribution in [3.63, 3.8) is 0 Å². The van der Waals surface area contributed by atoms with Gasteiger partial charge in [-0.25, -0.2) is 4.99 Å². The first-order valence-corrected chi connectivity index (χ1v) is 11.3. The molecule has 3 unspecified atom stereocenters. The molecule has 0 bridgehead atoms. The van der Waals surface area contributed by atoms with Gasteiger partial charge in [-0.05, 0) is 42.3 Å². The minimum Gasteiger partial charge on any atom is -0.394 e. The highest BCUT2D eigenvalue weighted by Crippen LogP contribution is 2.30. The molecule has 1 aliphatic heterocycles. The van der Waals surface area contributed by atoms with Gasteiger partial charge in [-0.15, -0.1) is 0 Å². The highest BCUT2D eigenvalue weighted by atomic mass is 35.5. The van der Waals surface area contributed by atoms with Crippen molar-refractivity contribution in [2.45, 2.75) is 43.5 Å². The summed E-state index contributed by atoms with van der Waals surface area (Å²) in [5.41, 5.74) is 2.55. The maximum absolute atomic E-state index is 13.0. The van der Waals surface area contributed by atoms with E-state index in [9.17, 15) is 41.4 Å². The molecule has 0 radical (unpaired) electrons. The van der Waals surface area contributed by atoms with Gasteiger partial charge in [-0.2, -0.15) is 31.4 Å². The van der Waals surface area contributed by atoms with Gasteiger partial charge in [-0.3, -0.25) is 4.79 Å². The van der Waals surface area contributed by atoms with Crippen LogP contribution in [0.3, 0.4) is 0 Å². The van der Waals surface area contributed by atoms with E-state index in [1.807, 2.05) is 0 Å². The molecule has 1 amide bonds. The van der Waals surface area contributed by atoms with Crippen molar-refractivity contribution < 1.29 is 41.4 Å². The van der Waals surface area contributed by atoms with Gasteiger partial charge in [0.2, 0.25) is 5.91 Å². The molecular formula is C23H23ClF6N4O3. The van der Waals surface area contributed by atoms with Crippen LogP contribution in [0.1, 0.15) is 23.1 Å². The Morgan fingerprint density at radius 1 is 1.14 bits per heavy atom. The van der Waals surface area contributed by atoms with Crippen LogP contribution in [0.25, 0.3) is 0 Å². The minimum absolute atomic E-state index is 0.123. The molecule has 0 spiro atoms. The summed E-state index contributed by atoms with van der Waals surface area (Å²) in [6.07, 6.45) is -14.4. The number of amidine groups is 1. The van der Waals surface area contributed by atoms with Crippen LogP contribution in [0.15, 0.2) is 53.5 Å². The molecule has 3 atom stereocenters. The Balaban J connectivity index is 1.69. The number of nitrogens with zero attached hydrogens (tertiary/aromatic N) is 2. The van der Waals surface area contributed by atoms with E-state index in [0.717, 1.165) is 17.1 Å². The number of hydrogen-bond acceptors (Lipinski definition) is 6. The average Bonchev–Trinajstić information content (AvgIpc) is 3.20. The number of hydrogen-bond donors (Lipinski definition) is 4. The Hall–Kier alpha value is -2.87. The summed E-state index contributed by atoms with van der Waals surface area (Å²) in [6, 6.07) is 9.64. The van der Waals surface area contributed by atoms with Crippen molar-refractivity contribution in [3.8, 4) is 0 Å². The summed E-state index contributed by atoms with van der Waals surface area (Å²) in [6.45, 7) is -1.13. The second-order valence-electron chi connectivity index (χ2n) is 8.35. The molecule has 0 aliphatic carbocycles. The Bertz CT molecular complexity index is 1110. The SMILES string of the molecule is O=C(CN1NC(c2ccc(Cl)cc2)=NC1CC(O)C(F)(F)F)NC(CO)Cc1cccc(C(F)(F)F)c1. The molecule has 1 aliphatic rings. The first-order valence-electron chi connectivity index (χ1n) is 10.9. The number of halogens is 7. The van der Waals surface area contributed by atoms with Crippen LogP contribution in [0.2, 0.25) is 5.02 Å². The number of hydrazine groups is 1. The van der Waals surface area contributed by atoms with E-state index >= 15 is 0 Å². The number of alkyl halides is 6. The standard InChI is InChI=1S/C23H23ClF6N4O3/c24-16-6-4-14(5-7-16)21-32-19(10-18(36)23(28,29)30)34(33-21)11-20(37)31-17(12-35)9-13-2-1-3-15(8-13)22(25,26)27/h1-8,17-19,35-36H,9-12H2,(H,31,37)(H,32,33). The number of aliphatic imine (C=N–C) groups is 1. The first-order chi connectivity index (χ1) is 17.3. The number of carbonyl (C=O) groups is 1. The lowest BCUT2D eigenvalue weighted by atomic mass is 10.0. The van der Waals surface area contributed by atoms with Gasteiger partial charge in [0.15, 0.2) is 6.10 Å². The highest BCUT2D eigenvalue weighted by molar-refractivity contribution is 6.30. The molecule has 0 fully saturated rings. The molecule has 0 aromatic heterocycles. The van der Waals surface area contributed by atoms with E-state index in [1.54, 1.807) is 12.1 Å². The summed E-state index contributed by atoms with van der Waals surface area (Å²) in [5, 5.41) is 23.1. The second-order valence-corrected chi connectivity index (χ2v) is 8.78. The third-order valence-electron chi connectivity index (χ3n) is 5.45. The first kappa shape index (κ1) is 28.7. The Kier molecular flexibility index (Phi) is 9.05. The molecule has 0 saturated heterocycles. The largest absolute Gasteiger partial charge is 0.416 e. The predicted molar refractivity (Wildman–Crippen MR) is 122 cm³/mol. The van der Waals surface area contributed by atoms with Crippen molar-refractivity contribution in [2.24, 2.45) is 4.99 Å². The molecule has 4 N–H and O–H groups in total. The smallest absolute Gasteiger partial charge is 0.394 e. The summed E-state index contributed by atoms with van der Waals surface area (Å²) >= 11 is 5.86. The predicted octanol–water partition coefficient (Wildman–Crippen LogP) is 3.28. The maximum atomic E-state index is 13.0. The number of rotatable bonds is 9. The van der Waals surface area contributed by atoms with Crippen molar-refractivity contribution in [2.75, 3.05) is 13.2 Å². The number of nitrogens with one attached hydrogen (secondary N) is 2. The fourth-order valence-corrected chi connectivity index (χ4v) is 3.74. The maximum Gasteiger partial charge on any atom is 0.416 e. The lowest BCUT2D eigenvalue weighted by Gasteiger charge is -2.26. The lowest BCUT2D eigenvalue weighted by molar-refractivity contribution is -0.208. The number of benzene rings is 2. The highest BCUT2D eigenvalue weighted by Gasteiger charge is 2.42. The molecule has 1 heterocycles. The van der Waals surface area contributed by atoms with Gasteiger partial charge in [0.05, 0.1) is 24.8 Å². The van der Waals surface area contributed by atoms with Gasteiger partial charge >= 0.3 is 12.4 Å². The van der Waals surface area contributed by atoms with E-state index in [-0.39, 0.29) is 17.8 Å². The van der Waals surface area contributed by atoms with Crippen LogP contribution >= 0.6 is 11.6 Å². The fraction of sp³-hybridized carbons (Fsp3) is 0.391. The lowest BCUT2D eigenvalue weighted by Crippen LogP contribution is -2.51. The number of amides is 1. The molecule has 37 heavy (non-hydrogen) atoms. The Morgan fingerprint density at radius 3 is 2.41 bits per heavy atom. The number of carbonyl (C=O) groups excluding carboxylic acids is 1. The number of aliphatic hydroxyl groups excluding tert-OH is 2. The normalized spacial score (nSPS) is 18.2. The van der Waals surface area contributed by atoms with Crippen LogP contribution in [0, 0.1) is 0 Å². The van der Waals surface area contributed by atoms with Gasteiger partial charge in [0.1, 0.15) is 12.0 Å². The molecule has 7 nitrogen and oxygen atoms in total. The molecule has 3 rings (SSSR count). The Morgan fingerprint density at radius 2 is 1.81 bits per heavy atom. The van der Waals surface area contributed by atoms with Gasteiger partial charge in [-0.1, -0.05) is 29.8 Å². The van der Waals surface area contributed by atoms with Crippen molar-refractivity contribution in [3.05, 3.63) is 70.2 Å². The van der Waals surface area contributed by atoms with Crippen molar-refractivity contribution in [1.82, 2.24) is 15.8 Å². The molecule has 2 aromatic rings. The third kappa shape index (κ3) is 8.06. The van der Waals surface area contributed by atoms with Crippen molar-refractivity contribution in [1.29, 1.82) is 0 Å². The van der Waals surface area contributed by atoms with E-state index in [0.29, 0.717) is 10.6 Å². The van der Waals surface area contributed by atoms with E-state index in [1.165, 1.54) is 24.3 Å². The van der Waals surface area contributed by atoms with Crippen LogP contribution in [0.5, 0.6) is 0 Å². The fourth-order valence-electron chi connectivity index (χ4n) is 3.61. The monoisotopic (exact) mass is 552 g/mol. The zero-order valence-corrected chi connectivity index (χ0v) is 19.8. The molecule has 14 heteroatoms. The van der Waals surface area contributed by atoms with E-state index in [2.05, 4.69) is 15.7 Å². The average molecular weight is 553 g/mol. The third-order valence-corrected chi connectivity index (χ3v) is 5.70. The number of aliphatic hydroxyl groups is 2. The van der Waals surface area contributed by atoms with Gasteiger partial charge in [0, 0.05) is 17.0 Å². The summed E-state index contributed by atoms with van der Waals surface area (Å²) < 4.78 is 77.7. The van der Waals surface area contributed by atoms with Crippen LogP contribution in [-0.2, 0) is 17.4 Å². The molecule has 0 saturated carbocycles. The van der Waals surface area contributed by atoms with E-state index < -0.39 is 61.7 Å². The minimum atomic E-state index is -4.90. The molecule has 2 aromatic carbocycles.